The number of carbonyl (C=O) groups is 3. The van der Waals surface area contributed by atoms with E-state index in [1.54, 1.807) is 33.7 Å². The van der Waals surface area contributed by atoms with Gasteiger partial charge < -0.3 is 39.8 Å². The lowest BCUT2D eigenvalue weighted by Crippen LogP contribution is -2.50. The maximum atomic E-state index is 13.0. The molecule has 6 rings (SSSR count). The summed E-state index contributed by atoms with van der Waals surface area (Å²) in [6.07, 6.45) is 12.7. The van der Waals surface area contributed by atoms with Crippen molar-refractivity contribution < 1.29 is 23.7 Å². The summed E-state index contributed by atoms with van der Waals surface area (Å²) in [5, 5.41) is 10.4. The van der Waals surface area contributed by atoms with Gasteiger partial charge in [0.25, 0.3) is 0 Å². The number of nitrogens with zero attached hydrogens (tertiary/aromatic N) is 6. The number of ether oxygens (including phenoxy) is 1. The van der Waals surface area contributed by atoms with E-state index in [0.29, 0.717) is 52.8 Å². The molecule has 2 saturated heterocycles. The van der Waals surface area contributed by atoms with Crippen molar-refractivity contribution in [2.75, 3.05) is 95.9 Å². The van der Waals surface area contributed by atoms with Crippen LogP contribution in [0.5, 0.6) is 5.75 Å². The summed E-state index contributed by atoms with van der Waals surface area (Å²) in [4.78, 5) is 54.4. The molecule has 3 aromatic carbocycles. The van der Waals surface area contributed by atoms with E-state index in [4.69, 9.17) is 21.3 Å². The summed E-state index contributed by atoms with van der Waals surface area (Å²) < 4.78 is 19.0. The maximum Gasteiger partial charge on any atom is 0.229 e. The Labute approximate surface area is 402 Å². The van der Waals surface area contributed by atoms with Crippen molar-refractivity contribution in [2.24, 2.45) is 0 Å². The number of piperazine rings is 1. The highest BCUT2D eigenvalue weighted by atomic mass is 35.5. The molecule has 14 nitrogen and oxygen atoms in total. The van der Waals surface area contributed by atoms with Crippen LogP contribution in [-0.2, 0) is 33.5 Å². The molecule has 16 heteroatoms. The van der Waals surface area contributed by atoms with Crippen molar-refractivity contribution in [3.05, 3.63) is 88.1 Å². The smallest absolute Gasteiger partial charge is 0.229 e. The SMILES string of the molecule is CCc1cc(Nc2ncc(Cl)c(Nc3ccccc3P(C)(C)=O)n2)c(OC)cc1N1CCCC(N2CCN(CCCCCc3ccc(C=O)c(CN(C)C(C=O)CCC(=O)NC)c3)CC2)CC1. The molecule has 362 valence electrons. The Balaban J connectivity index is 0.962. The van der Waals surface area contributed by atoms with E-state index in [1.165, 1.54) is 23.2 Å². The number of halogens is 1. The second-order valence-corrected chi connectivity index (χ2v) is 21.9. The van der Waals surface area contributed by atoms with E-state index < -0.39 is 13.2 Å². The van der Waals surface area contributed by atoms with Gasteiger partial charge in [-0.25, -0.2) is 4.98 Å². The number of likely N-dealkylation sites (N-methyl/N-ethyl adjacent to an activating group) is 1. The van der Waals surface area contributed by atoms with E-state index in [-0.39, 0.29) is 12.3 Å². The predicted molar refractivity (Wildman–Crippen MR) is 273 cm³/mol. The van der Waals surface area contributed by atoms with Crippen LogP contribution in [0.1, 0.15) is 85.3 Å². The molecule has 0 spiro atoms. The number of unbranched alkanes of at least 4 members (excludes halogenated alkanes) is 2. The molecular formula is C51H71ClN9O5P. The number of hydrogen-bond acceptors (Lipinski definition) is 13. The number of rotatable bonds is 23. The number of anilines is 5. The highest BCUT2D eigenvalue weighted by molar-refractivity contribution is 7.70. The van der Waals surface area contributed by atoms with Crippen molar-refractivity contribution in [3.8, 4) is 5.75 Å². The molecule has 0 aliphatic carbocycles. The summed E-state index contributed by atoms with van der Waals surface area (Å²) in [5.41, 5.74) is 6.66. The number of amides is 1. The third kappa shape index (κ3) is 14.3. The maximum absolute atomic E-state index is 13.0. The van der Waals surface area contributed by atoms with Crippen molar-refractivity contribution in [2.45, 2.75) is 89.8 Å². The van der Waals surface area contributed by atoms with E-state index >= 15 is 0 Å². The molecule has 2 unspecified atom stereocenters. The fourth-order valence-corrected chi connectivity index (χ4v) is 10.7. The molecule has 1 amide bonds. The topological polar surface area (TPSA) is 152 Å². The first kappa shape index (κ1) is 51.5. The van der Waals surface area contributed by atoms with E-state index in [1.807, 2.05) is 48.3 Å². The van der Waals surface area contributed by atoms with Gasteiger partial charge in [0.1, 0.15) is 30.5 Å². The Morgan fingerprint density at radius 1 is 0.970 bits per heavy atom. The van der Waals surface area contributed by atoms with Gasteiger partial charge >= 0.3 is 0 Å². The molecule has 2 aliphatic heterocycles. The summed E-state index contributed by atoms with van der Waals surface area (Å²) in [5.74, 6) is 1.40. The van der Waals surface area contributed by atoms with Crippen LogP contribution in [0, 0.1) is 0 Å². The molecule has 0 radical (unpaired) electrons. The highest BCUT2D eigenvalue weighted by Gasteiger charge is 2.28. The lowest BCUT2D eigenvalue weighted by atomic mass is 9.99. The first-order valence-corrected chi connectivity index (χ1v) is 26.9. The van der Waals surface area contributed by atoms with Gasteiger partial charge in [0.05, 0.1) is 30.7 Å². The van der Waals surface area contributed by atoms with Gasteiger partial charge in [0.15, 0.2) is 5.82 Å². The van der Waals surface area contributed by atoms with Gasteiger partial charge in [-0.3, -0.25) is 19.4 Å². The van der Waals surface area contributed by atoms with E-state index in [2.05, 4.69) is 60.8 Å². The second-order valence-electron chi connectivity index (χ2n) is 18.3. The van der Waals surface area contributed by atoms with Crippen LogP contribution in [-0.4, -0.2) is 136 Å². The first-order chi connectivity index (χ1) is 32.3. The van der Waals surface area contributed by atoms with Crippen LogP contribution in [0.25, 0.3) is 0 Å². The van der Waals surface area contributed by atoms with Crippen LogP contribution in [0.2, 0.25) is 5.02 Å². The Kier molecular flexibility index (Phi) is 19.2. The Morgan fingerprint density at radius 2 is 1.76 bits per heavy atom. The van der Waals surface area contributed by atoms with Crippen LogP contribution >= 0.6 is 18.7 Å². The Hall–Kier alpha value is -4.85. The lowest BCUT2D eigenvalue weighted by molar-refractivity contribution is -0.121. The van der Waals surface area contributed by atoms with Gasteiger partial charge in [-0.15, -0.1) is 0 Å². The molecule has 0 bridgehead atoms. The zero-order valence-electron chi connectivity index (χ0n) is 40.4. The largest absolute Gasteiger partial charge is 0.494 e. The van der Waals surface area contributed by atoms with Gasteiger partial charge in [-0.1, -0.05) is 55.3 Å². The number of aldehydes is 2. The van der Waals surface area contributed by atoms with Crippen LogP contribution in [0.3, 0.4) is 0 Å². The molecule has 3 heterocycles. The molecule has 2 atom stereocenters. The number of hydrogen-bond donors (Lipinski definition) is 3. The number of aryl methyl sites for hydroxylation is 2. The second kappa shape index (κ2) is 25.0. The number of carbonyl (C=O) groups excluding carboxylic acids is 3. The van der Waals surface area contributed by atoms with Crippen molar-refractivity contribution in [1.29, 1.82) is 0 Å². The zero-order valence-corrected chi connectivity index (χ0v) is 42.0. The molecular weight excluding hydrogens is 885 g/mol. The standard InChI is InChI=1S/C51H71ClN9O5P/c1-7-38-31-45(56-51-54-33-43(52)50(57-51)55-44-16-10-11-17-48(44)67(5,6)65)47(66-4)32-46(38)61-24-13-15-41(22-25-61)60-28-26-59(27-29-60)23-12-8-9-14-37-18-19-39(35-62)40(30-37)34-58(3)42(36-63)20-21-49(64)53-2/h10-11,16-19,30-33,35-36,41-42H,7-9,12-15,20-29,34H2,1-6H3,(H,53,64)(H2,54,55,56,57). The number of aromatic nitrogens is 2. The van der Waals surface area contributed by atoms with Gasteiger partial charge in [0.2, 0.25) is 11.9 Å². The van der Waals surface area contributed by atoms with Crippen molar-refractivity contribution in [1.82, 2.24) is 30.0 Å². The van der Waals surface area contributed by atoms with Crippen molar-refractivity contribution in [3.63, 3.8) is 0 Å². The van der Waals surface area contributed by atoms with Crippen molar-refractivity contribution >= 4 is 71.4 Å². The van der Waals surface area contributed by atoms with Crippen LogP contribution < -0.4 is 30.9 Å². The molecule has 2 aliphatic rings. The summed E-state index contributed by atoms with van der Waals surface area (Å²) in [6.45, 7) is 13.6. The Bertz CT molecular complexity index is 2340. The van der Waals surface area contributed by atoms with Gasteiger partial charge in [-0.2, -0.15) is 4.98 Å². The van der Waals surface area contributed by atoms with Gasteiger partial charge in [0, 0.05) is 87.9 Å². The number of methoxy groups -OCH3 is 1. The lowest BCUT2D eigenvalue weighted by Gasteiger charge is -2.39. The molecule has 0 saturated carbocycles. The molecule has 4 aromatic rings. The number of para-hydroxylation sites is 1. The first-order valence-electron chi connectivity index (χ1n) is 23.9. The van der Waals surface area contributed by atoms with Gasteiger partial charge in [-0.05, 0) is 113 Å². The minimum Gasteiger partial charge on any atom is -0.494 e. The third-order valence-corrected chi connectivity index (χ3v) is 15.2. The summed E-state index contributed by atoms with van der Waals surface area (Å²) in [6, 6.07) is 18.0. The molecule has 2 fully saturated rings. The fourth-order valence-electron chi connectivity index (χ4n) is 9.40. The number of benzene rings is 3. The monoisotopic (exact) mass is 956 g/mol. The average Bonchev–Trinajstić information content (AvgIpc) is 3.59. The number of nitrogens with one attached hydrogen (secondary N) is 3. The third-order valence-electron chi connectivity index (χ3n) is 13.3. The molecule has 67 heavy (non-hydrogen) atoms. The average molecular weight is 957 g/mol. The minimum absolute atomic E-state index is 0.0902. The summed E-state index contributed by atoms with van der Waals surface area (Å²) >= 11 is 6.55. The predicted octanol–water partition coefficient (Wildman–Crippen LogP) is 8.16. The van der Waals surface area contributed by atoms with Crippen LogP contribution in [0.4, 0.5) is 28.8 Å². The minimum atomic E-state index is -2.56. The normalized spacial score (nSPS) is 16.6. The quantitative estimate of drug-likeness (QED) is 0.0373. The fraction of sp³-hybridized carbons (Fsp3) is 0.510. The molecule has 3 N–H and O–H groups in total. The highest BCUT2D eigenvalue weighted by Crippen LogP contribution is 2.40. The molecule has 1 aromatic heterocycles. The van der Waals surface area contributed by atoms with E-state index in [9.17, 15) is 18.9 Å². The Morgan fingerprint density at radius 3 is 2.48 bits per heavy atom. The zero-order chi connectivity index (χ0) is 47.9. The van der Waals surface area contributed by atoms with Crippen LogP contribution in [0.15, 0.2) is 60.8 Å². The summed E-state index contributed by atoms with van der Waals surface area (Å²) in [7, 11) is 2.60. The van der Waals surface area contributed by atoms with E-state index in [0.717, 1.165) is 120 Å².